The van der Waals surface area contributed by atoms with Crippen LogP contribution in [0.15, 0.2) is 18.2 Å². The Bertz CT molecular complexity index is 913. The largest absolute Gasteiger partial charge is 0.492 e. The van der Waals surface area contributed by atoms with Gasteiger partial charge in [-0.15, -0.1) is 0 Å². The van der Waals surface area contributed by atoms with Crippen molar-refractivity contribution in [3.05, 3.63) is 29.6 Å². The van der Waals surface area contributed by atoms with Gasteiger partial charge in [0.25, 0.3) is 0 Å². The topological polar surface area (TPSA) is 83.3 Å². The third-order valence-corrected chi connectivity index (χ3v) is 4.93. The molecule has 0 unspecified atom stereocenters. The van der Waals surface area contributed by atoms with E-state index in [1.165, 1.54) is 6.07 Å². The summed E-state index contributed by atoms with van der Waals surface area (Å²) in [7, 11) is 1.74. The molecule has 7 nitrogen and oxygen atoms in total. The average Bonchev–Trinajstić information content (AvgIpc) is 2.73. The smallest absolute Gasteiger partial charge is 0.224 e. The second-order valence-corrected chi connectivity index (χ2v) is 7.14. The van der Waals surface area contributed by atoms with Crippen LogP contribution in [0.25, 0.3) is 11.3 Å². The Morgan fingerprint density at radius 3 is 2.83 bits per heavy atom. The summed E-state index contributed by atoms with van der Waals surface area (Å²) < 4.78 is 25.7. The lowest BCUT2D eigenvalue weighted by atomic mass is 10.0. The summed E-state index contributed by atoms with van der Waals surface area (Å²) in [6.45, 7) is 8.39. The molecule has 1 aliphatic heterocycles. The fourth-order valence-electron chi connectivity index (χ4n) is 3.41. The van der Waals surface area contributed by atoms with E-state index in [0.29, 0.717) is 49.5 Å². The maximum absolute atomic E-state index is 14.5. The molecule has 1 aromatic carbocycles. The Kier molecular flexibility index (Phi) is 6.49. The first-order valence-electron chi connectivity index (χ1n) is 9.76. The van der Waals surface area contributed by atoms with Crippen molar-refractivity contribution in [1.29, 1.82) is 5.26 Å². The summed E-state index contributed by atoms with van der Waals surface area (Å²) in [5.41, 5.74) is 0.976. The van der Waals surface area contributed by atoms with Gasteiger partial charge in [0.15, 0.2) is 0 Å². The number of nitrogens with one attached hydrogen (secondary N) is 1. The molecule has 154 valence electrons. The van der Waals surface area contributed by atoms with E-state index in [9.17, 15) is 9.65 Å². The Morgan fingerprint density at radius 1 is 1.38 bits per heavy atom. The zero-order valence-electron chi connectivity index (χ0n) is 17.2. The molecule has 0 spiro atoms. The summed E-state index contributed by atoms with van der Waals surface area (Å²) in [6.07, 6.45) is 0. The Hall–Kier alpha value is -2.92. The minimum atomic E-state index is -0.633. The second kappa shape index (κ2) is 9.05. The molecule has 2 heterocycles. The van der Waals surface area contributed by atoms with Gasteiger partial charge in [0, 0.05) is 25.2 Å². The van der Waals surface area contributed by atoms with Crippen LogP contribution in [0.5, 0.6) is 5.75 Å². The van der Waals surface area contributed by atoms with E-state index in [0.717, 1.165) is 5.82 Å². The third-order valence-electron chi connectivity index (χ3n) is 4.93. The molecule has 0 bridgehead atoms. The quantitative estimate of drug-likeness (QED) is 0.796. The lowest BCUT2D eigenvalue weighted by Gasteiger charge is -2.39. The Balaban J connectivity index is 2.09. The van der Waals surface area contributed by atoms with E-state index in [2.05, 4.69) is 34.0 Å². The number of hydrogen-bond acceptors (Lipinski definition) is 7. The van der Waals surface area contributed by atoms with E-state index in [4.69, 9.17) is 9.47 Å². The number of anilines is 2. The lowest BCUT2D eigenvalue weighted by molar-refractivity contribution is 0.0802. The number of morpholine rings is 1. The molecule has 8 heteroatoms. The third kappa shape index (κ3) is 4.40. The summed E-state index contributed by atoms with van der Waals surface area (Å²) in [5.74, 6) is 1.15. The van der Waals surface area contributed by atoms with Crippen LogP contribution in [0, 0.1) is 23.1 Å². The lowest BCUT2D eigenvalue weighted by Crippen LogP contribution is -2.48. The molecule has 0 saturated carbocycles. The van der Waals surface area contributed by atoms with Crippen molar-refractivity contribution in [3.63, 3.8) is 0 Å². The molecule has 0 amide bonds. The highest BCUT2D eigenvalue weighted by Crippen LogP contribution is 2.32. The standard InChI is InChI=1S/C21H26FN5O2/c1-5-29-19-9-14(8-16(22)15(19)11-23)17-10-20(26-21(24-4)25-17)27-6-7-28-12-18(27)13(2)3/h8-10,13,18H,5-7,12H2,1-4H3,(H,24,25,26)/t18-/m0/s1. The molecule has 2 aromatic rings. The van der Waals surface area contributed by atoms with E-state index in [1.54, 1.807) is 20.0 Å². The number of nitrogens with zero attached hydrogens (tertiary/aromatic N) is 4. The van der Waals surface area contributed by atoms with E-state index >= 15 is 0 Å². The van der Waals surface area contributed by atoms with Gasteiger partial charge < -0.3 is 19.7 Å². The second-order valence-electron chi connectivity index (χ2n) is 7.14. The van der Waals surface area contributed by atoms with Crippen LogP contribution in [0.2, 0.25) is 0 Å². The molecule has 29 heavy (non-hydrogen) atoms. The van der Waals surface area contributed by atoms with Crippen molar-refractivity contribution in [1.82, 2.24) is 9.97 Å². The molecule has 1 fully saturated rings. The zero-order chi connectivity index (χ0) is 21.0. The van der Waals surface area contributed by atoms with Gasteiger partial charge in [-0.05, 0) is 25.0 Å². The predicted molar refractivity (Wildman–Crippen MR) is 110 cm³/mol. The highest BCUT2D eigenvalue weighted by Gasteiger charge is 2.28. The van der Waals surface area contributed by atoms with Gasteiger partial charge in [0.2, 0.25) is 5.95 Å². The first-order chi connectivity index (χ1) is 14.0. The fourth-order valence-corrected chi connectivity index (χ4v) is 3.41. The zero-order valence-corrected chi connectivity index (χ0v) is 17.2. The highest BCUT2D eigenvalue weighted by molar-refractivity contribution is 5.68. The van der Waals surface area contributed by atoms with Crippen LogP contribution in [-0.2, 0) is 4.74 Å². The van der Waals surface area contributed by atoms with Crippen molar-refractivity contribution in [2.45, 2.75) is 26.8 Å². The normalized spacial score (nSPS) is 16.6. The van der Waals surface area contributed by atoms with Gasteiger partial charge in [-0.3, -0.25) is 0 Å². The summed E-state index contributed by atoms with van der Waals surface area (Å²) in [6, 6.07) is 6.86. The molecule has 1 aliphatic rings. The number of aromatic nitrogens is 2. The number of nitriles is 1. The van der Waals surface area contributed by atoms with Gasteiger partial charge >= 0.3 is 0 Å². The summed E-state index contributed by atoms with van der Waals surface area (Å²) >= 11 is 0. The molecule has 3 rings (SSSR count). The van der Waals surface area contributed by atoms with Crippen molar-refractivity contribution >= 4 is 11.8 Å². The highest BCUT2D eigenvalue weighted by atomic mass is 19.1. The van der Waals surface area contributed by atoms with E-state index in [-0.39, 0.29) is 17.4 Å². The minimum absolute atomic E-state index is 0.105. The van der Waals surface area contributed by atoms with Crippen molar-refractivity contribution < 1.29 is 13.9 Å². The fraction of sp³-hybridized carbons (Fsp3) is 0.476. The minimum Gasteiger partial charge on any atom is -0.492 e. The molecule has 1 N–H and O–H groups in total. The van der Waals surface area contributed by atoms with Gasteiger partial charge in [0.05, 0.1) is 31.6 Å². The van der Waals surface area contributed by atoms with Crippen LogP contribution >= 0.6 is 0 Å². The van der Waals surface area contributed by atoms with Gasteiger partial charge in [-0.25, -0.2) is 9.37 Å². The summed E-state index contributed by atoms with van der Waals surface area (Å²) in [4.78, 5) is 11.3. The first kappa shape index (κ1) is 20.8. The number of hydrogen-bond donors (Lipinski definition) is 1. The van der Waals surface area contributed by atoms with Gasteiger partial charge in [-0.1, -0.05) is 13.8 Å². The molecule has 1 aromatic heterocycles. The summed E-state index contributed by atoms with van der Waals surface area (Å²) in [5, 5.41) is 12.2. The van der Waals surface area contributed by atoms with E-state index < -0.39 is 5.82 Å². The Labute approximate surface area is 170 Å². The molecule has 1 saturated heterocycles. The molecule has 0 aliphatic carbocycles. The number of halogens is 1. The van der Waals surface area contributed by atoms with Crippen LogP contribution in [-0.4, -0.2) is 49.4 Å². The van der Waals surface area contributed by atoms with Crippen LogP contribution in [0.1, 0.15) is 26.3 Å². The maximum Gasteiger partial charge on any atom is 0.224 e. The molecular weight excluding hydrogens is 373 g/mol. The van der Waals surface area contributed by atoms with Crippen molar-refractivity contribution in [2.75, 3.05) is 43.6 Å². The van der Waals surface area contributed by atoms with Gasteiger partial charge in [-0.2, -0.15) is 10.2 Å². The van der Waals surface area contributed by atoms with Crippen molar-refractivity contribution in [2.24, 2.45) is 5.92 Å². The number of benzene rings is 1. The first-order valence-corrected chi connectivity index (χ1v) is 9.76. The monoisotopic (exact) mass is 399 g/mol. The Morgan fingerprint density at radius 2 is 2.17 bits per heavy atom. The maximum atomic E-state index is 14.5. The van der Waals surface area contributed by atoms with Crippen LogP contribution in [0.4, 0.5) is 16.2 Å². The van der Waals surface area contributed by atoms with Crippen LogP contribution < -0.4 is 15.0 Å². The van der Waals surface area contributed by atoms with Gasteiger partial charge in [0.1, 0.15) is 29.0 Å². The van der Waals surface area contributed by atoms with E-state index in [1.807, 2.05) is 12.1 Å². The number of ether oxygens (including phenoxy) is 2. The van der Waals surface area contributed by atoms with Crippen molar-refractivity contribution in [3.8, 4) is 23.1 Å². The molecule has 0 radical (unpaired) electrons. The number of rotatable bonds is 6. The SMILES string of the molecule is CCOc1cc(-c2cc(N3CCOC[C@H]3C(C)C)nc(NC)n2)cc(F)c1C#N. The molecular formula is C21H26FN5O2. The molecule has 1 atom stereocenters. The van der Waals surface area contributed by atoms with Crippen LogP contribution in [0.3, 0.4) is 0 Å². The average molecular weight is 399 g/mol. The predicted octanol–water partition coefficient (Wildman–Crippen LogP) is 3.46.